The van der Waals surface area contributed by atoms with Gasteiger partial charge in [-0.25, -0.2) is 8.42 Å². The molecular weight excluding hydrogens is 284 g/mol. The monoisotopic (exact) mass is 302 g/mol. The Bertz CT molecular complexity index is 541. The molecule has 3 N–H and O–H groups in total. The van der Waals surface area contributed by atoms with Crippen LogP contribution >= 0.6 is 0 Å². The topological polar surface area (TPSA) is 105 Å². The summed E-state index contributed by atoms with van der Waals surface area (Å²) < 4.78 is 29.2. The van der Waals surface area contributed by atoms with Crippen LogP contribution in [0.3, 0.4) is 0 Å². The third-order valence-electron chi connectivity index (χ3n) is 2.37. The van der Waals surface area contributed by atoms with Gasteiger partial charge in [0.05, 0.1) is 25.5 Å². The number of nitrogens with one attached hydrogen (secondary N) is 2. The molecule has 1 rings (SSSR count). The summed E-state index contributed by atoms with van der Waals surface area (Å²) in [4.78, 5) is 11.9. The van der Waals surface area contributed by atoms with Gasteiger partial charge in [-0.1, -0.05) is 0 Å². The van der Waals surface area contributed by atoms with Gasteiger partial charge in [-0.15, -0.1) is 0 Å². The van der Waals surface area contributed by atoms with Gasteiger partial charge < -0.3 is 15.2 Å². The highest BCUT2D eigenvalue weighted by Crippen LogP contribution is 2.11. The number of hydrogen-bond donors (Lipinski definition) is 3. The first kappa shape index (κ1) is 16.4. The lowest BCUT2D eigenvalue weighted by Crippen LogP contribution is -2.40. The molecule has 0 saturated heterocycles. The van der Waals surface area contributed by atoms with Crippen LogP contribution in [0, 0.1) is 0 Å². The molecule has 0 bridgehead atoms. The summed E-state index contributed by atoms with van der Waals surface area (Å²) in [5.74, 6) is -0.369. The van der Waals surface area contributed by atoms with Crippen molar-refractivity contribution in [2.45, 2.75) is 6.04 Å². The average Bonchev–Trinajstić information content (AvgIpc) is 2.37. The summed E-state index contributed by atoms with van der Waals surface area (Å²) in [7, 11) is -1.87. The zero-order chi connectivity index (χ0) is 15.2. The molecule has 0 aliphatic rings. The molecule has 0 fully saturated rings. The van der Waals surface area contributed by atoms with E-state index < -0.39 is 16.1 Å². The van der Waals surface area contributed by atoms with E-state index in [9.17, 15) is 13.2 Å². The zero-order valence-electron chi connectivity index (χ0n) is 11.3. The normalized spacial score (nSPS) is 12.8. The molecule has 1 aromatic carbocycles. The molecule has 0 saturated carbocycles. The molecule has 112 valence electrons. The molecule has 20 heavy (non-hydrogen) atoms. The Labute approximate surface area is 118 Å². The maximum Gasteiger partial charge on any atom is 0.251 e. The highest BCUT2D eigenvalue weighted by atomic mass is 32.2. The fraction of sp³-hybridized carbons (Fsp3) is 0.417. The molecule has 0 aliphatic carbocycles. The number of amides is 1. The first-order chi connectivity index (χ1) is 9.35. The van der Waals surface area contributed by atoms with E-state index in [-0.39, 0.29) is 19.1 Å². The van der Waals surface area contributed by atoms with Crippen LogP contribution in [0.15, 0.2) is 24.3 Å². The minimum Gasteiger partial charge on any atom is -0.394 e. The zero-order valence-corrected chi connectivity index (χ0v) is 12.1. The number of benzene rings is 1. The number of sulfonamides is 1. The number of methoxy groups -OCH3 is 1. The van der Waals surface area contributed by atoms with Crippen LogP contribution in [0.4, 0.5) is 5.69 Å². The number of carbonyl (C=O) groups excluding carboxylic acids is 1. The van der Waals surface area contributed by atoms with Crippen LogP contribution in [0.1, 0.15) is 10.4 Å². The third-order valence-corrected chi connectivity index (χ3v) is 2.98. The van der Waals surface area contributed by atoms with Gasteiger partial charge in [-0.3, -0.25) is 9.52 Å². The summed E-state index contributed by atoms with van der Waals surface area (Å²) in [6.45, 7) is -0.0245. The molecule has 1 atom stereocenters. The molecule has 8 heteroatoms. The largest absolute Gasteiger partial charge is 0.394 e. The summed E-state index contributed by atoms with van der Waals surface area (Å²) >= 11 is 0. The van der Waals surface area contributed by atoms with Gasteiger partial charge in [0.2, 0.25) is 10.0 Å². The van der Waals surface area contributed by atoms with Crippen molar-refractivity contribution in [3.63, 3.8) is 0 Å². The molecule has 0 spiro atoms. The molecular formula is C12H18N2O5S. The molecule has 1 unspecified atom stereocenters. The highest BCUT2D eigenvalue weighted by molar-refractivity contribution is 7.92. The van der Waals surface area contributed by atoms with Gasteiger partial charge in [0.15, 0.2) is 0 Å². The fourth-order valence-corrected chi connectivity index (χ4v) is 2.08. The van der Waals surface area contributed by atoms with Crippen molar-refractivity contribution in [3.05, 3.63) is 29.8 Å². The standard InChI is InChI=1S/C12H18N2O5S/c1-19-8-11(7-15)13-12(16)9-3-5-10(6-4-9)14-20(2,17)18/h3-6,11,14-15H,7-8H2,1-2H3,(H,13,16). The number of carbonyl (C=O) groups is 1. The smallest absolute Gasteiger partial charge is 0.251 e. The molecule has 1 amide bonds. The number of aliphatic hydroxyl groups excluding tert-OH is 1. The maximum atomic E-state index is 11.9. The molecule has 0 heterocycles. The Hall–Kier alpha value is -1.64. The van der Waals surface area contributed by atoms with Crippen molar-refractivity contribution >= 4 is 21.6 Å². The Morgan fingerprint density at radius 1 is 1.35 bits per heavy atom. The average molecular weight is 302 g/mol. The lowest BCUT2D eigenvalue weighted by atomic mass is 10.2. The summed E-state index contributed by atoms with van der Waals surface area (Å²) in [6, 6.07) is 5.47. The van der Waals surface area contributed by atoms with E-state index >= 15 is 0 Å². The van der Waals surface area contributed by atoms with Gasteiger partial charge in [0.25, 0.3) is 5.91 Å². The predicted octanol–water partition coefficient (Wildman–Crippen LogP) is -0.205. The second-order valence-electron chi connectivity index (χ2n) is 4.26. The summed E-state index contributed by atoms with van der Waals surface area (Å²) in [6.07, 6.45) is 1.05. The van der Waals surface area contributed by atoms with Crippen molar-refractivity contribution in [2.75, 3.05) is 31.3 Å². The fourth-order valence-electron chi connectivity index (χ4n) is 1.51. The second-order valence-corrected chi connectivity index (χ2v) is 6.01. The van der Waals surface area contributed by atoms with Crippen molar-refractivity contribution in [2.24, 2.45) is 0 Å². The van der Waals surface area contributed by atoms with Crippen molar-refractivity contribution in [3.8, 4) is 0 Å². The highest BCUT2D eigenvalue weighted by Gasteiger charge is 2.13. The molecule has 1 aromatic rings. The van der Waals surface area contributed by atoms with Crippen LogP contribution in [0.5, 0.6) is 0 Å². The van der Waals surface area contributed by atoms with Crippen LogP contribution in [0.25, 0.3) is 0 Å². The van der Waals surface area contributed by atoms with E-state index in [1.807, 2.05) is 0 Å². The molecule has 7 nitrogen and oxygen atoms in total. The number of anilines is 1. The summed E-state index contributed by atoms with van der Waals surface area (Å²) in [5.41, 5.74) is 0.734. The van der Waals surface area contributed by atoms with Gasteiger partial charge in [0.1, 0.15) is 0 Å². The van der Waals surface area contributed by atoms with Gasteiger partial charge in [0, 0.05) is 18.4 Å². The van der Waals surface area contributed by atoms with Crippen LogP contribution < -0.4 is 10.0 Å². The lowest BCUT2D eigenvalue weighted by Gasteiger charge is -2.15. The van der Waals surface area contributed by atoms with Gasteiger partial charge in [-0.05, 0) is 24.3 Å². The van der Waals surface area contributed by atoms with Gasteiger partial charge in [-0.2, -0.15) is 0 Å². The van der Waals surface area contributed by atoms with E-state index in [2.05, 4.69) is 10.0 Å². The first-order valence-electron chi connectivity index (χ1n) is 5.84. The van der Waals surface area contributed by atoms with Crippen molar-refractivity contribution in [1.29, 1.82) is 0 Å². The summed E-state index contributed by atoms with van der Waals surface area (Å²) in [5, 5.41) is 11.7. The van der Waals surface area contributed by atoms with E-state index in [4.69, 9.17) is 9.84 Å². The Balaban J connectivity index is 2.70. The third kappa shape index (κ3) is 5.55. The quantitative estimate of drug-likeness (QED) is 0.647. The number of rotatable bonds is 7. The minimum absolute atomic E-state index is 0.204. The van der Waals surface area contributed by atoms with Crippen molar-refractivity contribution < 1.29 is 23.1 Å². The second kappa shape index (κ2) is 7.22. The minimum atomic E-state index is -3.34. The number of aliphatic hydroxyl groups is 1. The Morgan fingerprint density at radius 2 is 1.95 bits per heavy atom. The van der Waals surface area contributed by atoms with Gasteiger partial charge >= 0.3 is 0 Å². The van der Waals surface area contributed by atoms with E-state index in [0.717, 1.165) is 6.26 Å². The first-order valence-corrected chi connectivity index (χ1v) is 7.73. The number of hydrogen-bond acceptors (Lipinski definition) is 5. The molecule has 0 aliphatic heterocycles. The number of ether oxygens (including phenoxy) is 1. The molecule has 0 radical (unpaired) electrons. The van der Waals surface area contributed by atoms with Crippen LogP contribution in [0.2, 0.25) is 0 Å². The van der Waals surface area contributed by atoms with Crippen molar-refractivity contribution in [1.82, 2.24) is 5.32 Å². The SMILES string of the molecule is COCC(CO)NC(=O)c1ccc(NS(C)(=O)=O)cc1. The van der Waals surface area contributed by atoms with Crippen LogP contribution in [-0.2, 0) is 14.8 Å². The molecule has 0 aromatic heterocycles. The Morgan fingerprint density at radius 3 is 2.40 bits per heavy atom. The van der Waals surface area contributed by atoms with E-state index in [1.54, 1.807) is 0 Å². The van der Waals surface area contributed by atoms with Crippen LogP contribution in [-0.4, -0.2) is 52.1 Å². The lowest BCUT2D eigenvalue weighted by molar-refractivity contribution is 0.0839. The predicted molar refractivity (Wildman–Crippen MR) is 75.1 cm³/mol. The maximum absolute atomic E-state index is 11.9. The van der Waals surface area contributed by atoms with E-state index in [0.29, 0.717) is 11.3 Å². The van der Waals surface area contributed by atoms with E-state index in [1.165, 1.54) is 31.4 Å². The Kier molecular flexibility index (Phi) is 5.93.